The van der Waals surface area contributed by atoms with Crippen LogP contribution in [-0.4, -0.2) is 19.8 Å². The van der Waals surface area contributed by atoms with Gasteiger partial charge in [0.1, 0.15) is 11.3 Å². The average molecular weight is 208 g/mol. The molecule has 0 saturated carbocycles. The van der Waals surface area contributed by atoms with Crippen molar-refractivity contribution >= 4 is 0 Å². The first-order valence-corrected chi connectivity index (χ1v) is 5.09. The van der Waals surface area contributed by atoms with E-state index in [1.165, 1.54) is 0 Å². The van der Waals surface area contributed by atoms with Crippen molar-refractivity contribution in [1.82, 2.24) is 5.43 Å². The van der Waals surface area contributed by atoms with Crippen molar-refractivity contribution in [3.8, 4) is 5.75 Å². The summed E-state index contributed by atoms with van der Waals surface area (Å²) >= 11 is 0. The van der Waals surface area contributed by atoms with Gasteiger partial charge in [0.25, 0.3) is 0 Å². The summed E-state index contributed by atoms with van der Waals surface area (Å²) in [4.78, 5) is 0. The molecule has 0 spiro atoms. The van der Waals surface area contributed by atoms with Gasteiger partial charge in [0, 0.05) is 0 Å². The number of hydrazine groups is 1. The van der Waals surface area contributed by atoms with Gasteiger partial charge >= 0.3 is 0 Å². The summed E-state index contributed by atoms with van der Waals surface area (Å²) in [6.45, 7) is 3.90. The third-order valence-electron chi connectivity index (χ3n) is 2.69. The molecule has 0 aliphatic carbocycles. The lowest BCUT2D eigenvalue weighted by molar-refractivity contribution is -0.0787. The Labute approximate surface area is 89.3 Å². The van der Waals surface area contributed by atoms with Crippen molar-refractivity contribution < 1.29 is 9.47 Å². The third kappa shape index (κ3) is 1.84. The molecule has 1 aromatic carbocycles. The van der Waals surface area contributed by atoms with Gasteiger partial charge in [-0.25, -0.2) is 5.43 Å². The molecule has 1 aliphatic heterocycles. The minimum Gasteiger partial charge on any atom is -0.494 e. The van der Waals surface area contributed by atoms with Crippen LogP contribution in [0.25, 0.3) is 0 Å². The van der Waals surface area contributed by atoms with E-state index < -0.39 is 0 Å². The van der Waals surface area contributed by atoms with Crippen LogP contribution in [0.5, 0.6) is 5.75 Å². The zero-order chi connectivity index (χ0) is 10.7. The molecule has 15 heavy (non-hydrogen) atoms. The van der Waals surface area contributed by atoms with Gasteiger partial charge < -0.3 is 9.47 Å². The van der Waals surface area contributed by atoms with Gasteiger partial charge in [-0.1, -0.05) is 12.1 Å². The number of benzene rings is 1. The van der Waals surface area contributed by atoms with E-state index in [4.69, 9.17) is 15.3 Å². The van der Waals surface area contributed by atoms with E-state index in [1.54, 1.807) is 0 Å². The van der Waals surface area contributed by atoms with Crippen LogP contribution in [0.2, 0.25) is 0 Å². The fourth-order valence-electron chi connectivity index (χ4n) is 1.68. The summed E-state index contributed by atoms with van der Waals surface area (Å²) in [5, 5.41) is 0. The van der Waals surface area contributed by atoms with E-state index in [9.17, 15) is 0 Å². The SMILES string of the molecule is CCOc1ccc(C2(NN)COC2)cc1. The maximum atomic E-state index is 5.54. The second-order valence-corrected chi connectivity index (χ2v) is 3.68. The zero-order valence-corrected chi connectivity index (χ0v) is 8.82. The molecule has 4 nitrogen and oxygen atoms in total. The standard InChI is InChI=1S/C11H16N2O2/c1-2-15-10-5-3-9(4-6-10)11(13-12)7-14-8-11/h3-6,13H,2,7-8,12H2,1H3. The lowest BCUT2D eigenvalue weighted by atomic mass is 9.89. The number of hydrogen-bond acceptors (Lipinski definition) is 4. The molecule has 1 heterocycles. The molecule has 0 unspecified atom stereocenters. The van der Waals surface area contributed by atoms with Gasteiger partial charge in [-0.15, -0.1) is 0 Å². The van der Waals surface area contributed by atoms with Gasteiger partial charge in [-0.2, -0.15) is 0 Å². The van der Waals surface area contributed by atoms with Crippen LogP contribution in [0.1, 0.15) is 12.5 Å². The van der Waals surface area contributed by atoms with Crippen LogP contribution in [0, 0.1) is 0 Å². The van der Waals surface area contributed by atoms with Crippen LogP contribution < -0.4 is 16.0 Å². The summed E-state index contributed by atoms with van der Waals surface area (Å²) in [6, 6.07) is 7.95. The van der Waals surface area contributed by atoms with Gasteiger partial charge in [0.15, 0.2) is 0 Å². The minimum absolute atomic E-state index is 0.204. The van der Waals surface area contributed by atoms with Crippen LogP contribution in [0.4, 0.5) is 0 Å². The van der Waals surface area contributed by atoms with Crippen LogP contribution in [-0.2, 0) is 10.3 Å². The molecule has 2 rings (SSSR count). The minimum atomic E-state index is -0.204. The normalized spacial score (nSPS) is 18.3. The summed E-state index contributed by atoms with van der Waals surface area (Å²) in [5.41, 5.74) is 3.75. The second-order valence-electron chi connectivity index (χ2n) is 3.68. The second kappa shape index (κ2) is 4.18. The summed E-state index contributed by atoms with van der Waals surface area (Å²) in [5.74, 6) is 6.42. The van der Waals surface area contributed by atoms with Crippen molar-refractivity contribution in [2.24, 2.45) is 5.84 Å². The third-order valence-corrected chi connectivity index (χ3v) is 2.69. The first kappa shape index (κ1) is 10.4. The summed E-state index contributed by atoms with van der Waals surface area (Å²) in [6.07, 6.45) is 0. The van der Waals surface area contributed by atoms with Gasteiger partial charge in [0.2, 0.25) is 0 Å². The molecule has 1 aromatic rings. The maximum Gasteiger partial charge on any atom is 0.119 e. The average Bonchev–Trinajstić information content (AvgIpc) is 2.20. The van der Waals surface area contributed by atoms with Crippen molar-refractivity contribution in [3.63, 3.8) is 0 Å². The number of ether oxygens (including phenoxy) is 2. The molecule has 0 bridgehead atoms. The monoisotopic (exact) mass is 208 g/mol. The molecule has 4 heteroatoms. The van der Waals surface area contributed by atoms with Crippen LogP contribution in [0.15, 0.2) is 24.3 Å². The number of nitrogens with two attached hydrogens (primary N) is 1. The predicted molar refractivity (Wildman–Crippen MR) is 57.4 cm³/mol. The Kier molecular flexibility index (Phi) is 2.90. The molecule has 0 aromatic heterocycles. The van der Waals surface area contributed by atoms with E-state index in [0.717, 1.165) is 11.3 Å². The van der Waals surface area contributed by atoms with E-state index in [-0.39, 0.29) is 5.54 Å². The highest BCUT2D eigenvalue weighted by Gasteiger charge is 2.39. The van der Waals surface area contributed by atoms with E-state index in [1.807, 2.05) is 31.2 Å². The van der Waals surface area contributed by atoms with Crippen molar-refractivity contribution in [2.75, 3.05) is 19.8 Å². The Bertz CT molecular complexity index is 314. The van der Waals surface area contributed by atoms with Gasteiger partial charge in [-0.05, 0) is 24.6 Å². The molecule has 1 fully saturated rings. The molecule has 0 amide bonds. The Morgan fingerprint density at radius 2 is 2.07 bits per heavy atom. The highest BCUT2D eigenvalue weighted by molar-refractivity contribution is 5.33. The summed E-state index contributed by atoms with van der Waals surface area (Å²) < 4.78 is 10.6. The fraction of sp³-hybridized carbons (Fsp3) is 0.455. The smallest absolute Gasteiger partial charge is 0.119 e. The molecule has 1 saturated heterocycles. The Morgan fingerprint density at radius 3 is 2.47 bits per heavy atom. The maximum absolute atomic E-state index is 5.54. The predicted octanol–water partition coefficient (Wildman–Crippen LogP) is 0.774. The van der Waals surface area contributed by atoms with Crippen molar-refractivity contribution in [2.45, 2.75) is 12.5 Å². The highest BCUT2D eigenvalue weighted by Crippen LogP contribution is 2.29. The van der Waals surface area contributed by atoms with Crippen molar-refractivity contribution in [3.05, 3.63) is 29.8 Å². The fourth-order valence-corrected chi connectivity index (χ4v) is 1.68. The van der Waals surface area contributed by atoms with E-state index in [2.05, 4.69) is 5.43 Å². The lowest BCUT2D eigenvalue weighted by Crippen LogP contribution is -2.60. The van der Waals surface area contributed by atoms with E-state index >= 15 is 0 Å². The highest BCUT2D eigenvalue weighted by atomic mass is 16.5. The largest absolute Gasteiger partial charge is 0.494 e. The first-order chi connectivity index (χ1) is 7.30. The lowest BCUT2D eigenvalue weighted by Gasteiger charge is -2.41. The number of hydrogen-bond donors (Lipinski definition) is 2. The molecule has 0 radical (unpaired) electrons. The first-order valence-electron chi connectivity index (χ1n) is 5.09. The molecule has 82 valence electrons. The topological polar surface area (TPSA) is 56.5 Å². The zero-order valence-electron chi connectivity index (χ0n) is 8.82. The number of rotatable bonds is 4. The molecular weight excluding hydrogens is 192 g/mol. The van der Waals surface area contributed by atoms with Crippen LogP contribution >= 0.6 is 0 Å². The van der Waals surface area contributed by atoms with Gasteiger partial charge in [0.05, 0.1) is 19.8 Å². The summed E-state index contributed by atoms with van der Waals surface area (Å²) in [7, 11) is 0. The van der Waals surface area contributed by atoms with E-state index in [0.29, 0.717) is 19.8 Å². The molecular formula is C11H16N2O2. The van der Waals surface area contributed by atoms with Crippen LogP contribution in [0.3, 0.4) is 0 Å². The number of nitrogens with one attached hydrogen (secondary N) is 1. The quantitative estimate of drug-likeness (QED) is 0.567. The Morgan fingerprint density at radius 1 is 1.40 bits per heavy atom. The Hall–Kier alpha value is -1.10. The van der Waals surface area contributed by atoms with Gasteiger partial charge in [-0.3, -0.25) is 5.84 Å². The Balaban J connectivity index is 2.15. The molecule has 0 atom stereocenters. The molecule has 1 aliphatic rings. The molecule has 3 N–H and O–H groups in total. The van der Waals surface area contributed by atoms with Crippen molar-refractivity contribution in [1.29, 1.82) is 0 Å².